The summed E-state index contributed by atoms with van der Waals surface area (Å²) < 4.78 is 26.4. The quantitative estimate of drug-likeness (QED) is 0.512. The first-order valence-corrected chi connectivity index (χ1v) is 8.37. The van der Waals surface area contributed by atoms with E-state index in [4.69, 9.17) is 0 Å². The molecule has 0 spiro atoms. The summed E-state index contributed by atoms with van der Waals surface area (Å²) in [5.74, 6) is -1.52. The van der Waals surface area contributed by atoms with E-state index in [-0.39, 0.29) is 6.04 Å². The van der Waals surface area contributed by atoms with Crippen molar-refractivity contribution in [2.24, 2.45) is 0 Å². The van der Waals surface area contributed by atoms with Gasteiger partial charge in [-0.05, 0) is 37.1 Å². The molecule has 0 amide bonds. The Hall–Kier alpha value is -0.960. The molecule has 0 aliphatic rings. The number of benzene rings is 1. The summed E-state index contributed by atoms with van der Waals surface area (Å²) in [4.78, 5) is 0. The van der Waals surface area contributed by atoms with Gasteiger partial charge in [0.05, 0.1) is 0 Å². The molecule has 0 saturated heterocycles. The highest BCUT2D eigenvalue weighted by Crippen LogP contribution is 2.22. The third-order valence-electron chi connectivity index (χ3n) is 3.83. The summed E-state index contributed by atoms with van der Waals surface area (Å²) in [5, 5.41) is 3.45. The summed E-state index contributed by atoms with van der Waals surface area (Å²) in [6.07, 6.45) is 9.50. The average Bonchev–Trinajstić information content (AvgIpc) is 2.49. The Morgan fingerprint density at radius 3 is 2.29 bits per heavy atom. The molecule has 21 heavy (non-hydrogen) atoms. The molecule has 1 N–H and O–H groups in total. The summed E-state index contributed by atoms with van der Waals surface area (Å²) in [5.41, 5.74) is 0.857. The van der Waals surface area contributed by atoms with Crippen molar-refractivity contribution in [3.8, 4) is 0 Å². The van der Waals surface area contributed by atoms with E-state index >= 15 is 0 Å². The minimum absolute atomic E-state index is 0.131. The van der Waals surface area contributed by atoms with E-state index in [9.17, 15) is 8.78 Å². The molecule has 1 nitrogen and oxygen atoms in total. The fourth-order valence-electron chi connectivity index (χ4n) is 2.56. The van der Waals surface area contributed by atoms with Gasteiger partial charge in [-0.15, -0.1) is 0 Å². The monoisotopic (exact) mass is 297 g/mol. The molecule has 1 atom stereocenters. The van der Waals surface area contributed by atoms with Gasteiger partial charge in [0.1, 0.15) is 0 Å². The second-order valence-corrected chi connectivity index (χ2v) is 5.74. The fourth-order valence-corrected chi connectivity index (χ4v) is 2.56. The van der Waals surface area contributed by atoms with Gasteiger partial charge in [-0.1, -0.05) is 58.4 Å². The van der Waals surface area contributed by atoms with Crippen LogP contribution in [0.2, 0.25) is 0 Å². The zero-order valence-electron chi connectivity index (χ0n) is 13.4. The van der Waals surface area contributed by atoms with Crippen LogP contribution in [0.15, 0.2) is 18.2 Å². The van der Waals surface area contributed by atoms with Crippen LogP contribution in [0.25, 0.3) is 0 Å². The Morgan fingerprint density at radius 1 is 0.905 bits per heavy atom. The van der Waals surface area contributed by atoms with Gasteiger partial charge >= 0.3 is 0 Å². The van der Waals surface area contributed by atoms with Crippen LogP contribution < -0.4 is 5.32 Å². The number of halogens is 2. The van der Waals surface area contributed by atoms with Crippen LogP contribution in [-0.4, -0.2) is 6.54 Å². The highest BCUT2D eigenvalue weighted by Gasteiger charge is 2.12. The fraction of sp³-hybridized carbons (Fsp3) is 0.667. The molecule has 120 valence electrons. The summed E-state index contributed by atoms with van der Waals surface area (Å²) in [7, 11) is 0. The van der Waals surface area contributed by atoms with Crippen molar-refractivity contribution in [2.75, 3.05) is 6.54 Å². The van der Waals surface area contributed by atoms with Crippen LogP contribution in [0.4, 0.5) is 8.78 Å². The highest BCUT2D eigenvalue weighted by molar-refractivity contribution is 5.21. The summed E-state index contributed by atoms with van der Waals surface area (Å²) in [6.45, 7) is 5.23. The lowest BCUT2D eigenvalue weighted by atomic mass is 9.99. The van der Waals surface area contributed by atoms with E-state index in [0.29, 0.717) is 0 Å². The van der Waals surface area contributed by atoms with Gasteiger partial charge in [0, 0.05) is 6.04 Å². The molecule has 0 radical (unpaired) electrons. The Morgan fingerprint density at radius 2 is 1.62 bits per heavy atom. The standard InChI is InChI=1S/C18H29F2N/c1-3-5-6-7-8-9-10-18(21-13-4-2)15-11-12-16(19)17(20)14-15/h11-12,14,18,21H,3-10,13H2,1-2H3. The molecule has 1 aromatic carbocycles. The van der Waals surface area contributed by atoms with Gasteiger partial charge < -0.3 is 5.32 Å². The van der Waals surface area contributed by atoms with Crippen LogP contribution >= 0.6 is 0 Å². The molecule has 0 aliphatic carbocycles. The molecule has 1 unspecified atom stereocenters. The van der Waals surface area contributed by atoms with Gasteiger partial charge in [-0.25, -0.2) is 8.78 Å². The normalized spacial score (nSPS) is 12.6. The molecule has 1 aromatic rings. The average molecular weight is 297 g/mol. The molecule has 0 saturated carbocycles. The third kappa shape index (κ3) is 7.03. The van der Waals surface area contributed by atoms with E-state index in [1.54, 1.807) is 6.07 Å². The van der Waals surface area contributed by atoms with E-state index < -0.39 is 11.6 Å². The SMILES string of the molecule is CCCCCCCCC(NCCC)c1ccc(F)c(F)c1. The molecule has 0 fully saturated rings. The summed E-state index contributed by atoms with van der Waals surface area (Å²) in [6, 6.07) is 4.39. The maximum absolute atomic E-state index is 13.4. The van der Waals surface area contributed by atoms with E-state index in [2.05, 4.69) is 19.2 Å². The van der Waals surface area contributed by atoms with Crippen molar-refractivity contribution in [3.05, 3.63) is 35.4 Å². The largest absolute Gasteiger partial charge is 0.310 e. The first-order valence-electron chi connectivity index (χ1n) is 8.37. The number of nitrogens with one attached hydrogen (secondary N) is 1. The number of hydrogen-bond acceptors (Lipinski definition) is 1. The lowest BCUT2D eigenvalue weighted by Gasteiger charge is -2.19. The van der Waals surface area contributed by atoms with Crippen molar-refractivity contribution in [3.63, 3.8) is 0 Å². The first-order chi connectivity index (χ1) is 10.2. The Labute approximate surface area is 128 Å². The molecule has 0 aliphatic heterocycles. The van der Waals surface area contributed by atoms with Crippen LogP contribution in [-0.2, 0) is 0 Å². The van der Waals surface area contributed by atoms with Crippen LogP contribution in [0.3, 0.4) is 0 Å². The zero-order valence-corrected chi connectivity index (χ0v) is 13.4. The van der Waals surface area contributed by atoms with E-state index in [1.807, 2.05) is 0 Å². The Balaban J connectivity index is 2.48. The predicted octanol–water partition coefficient (Wildman–Crippen LogP) is 5.76. The molecular formula is C18H29F2N. The molecule has 0 aromatic heterocycles. The van der Waals surface area contributed by atoms with Crippen LogP contribution in [0, 0.1) is 11.6 Å². The second kappa shape index (κ2) is 10.7. The van der Waals surface area contributed by atoms with Gasteiger partial charge in [-0.2, -0.15) is 0 Å². The first kappa shape index (κ1) is 18.1. The highest BCUT2D eigenvalue weighted by atomic mass is 19.2. The van der Waals surface area contributed by atoms with Crippen molar-refractivity contribution >= 4 is 0 Å². The van der Waals surface area contributed by atoms with E-state index in [1.165, 1.54) is 44.2 Å². The van der Waals surface area contributed by atoms with E-state index in [0.717, 1.165) is 31.4 Å². The molecule has 0 bridgehead atoms. The molecular weight excluding hydrogens is 268 g/mol. The van der Waals surface area contributed by atoms with Crippen molar-refractivity contribution < 1.29 is 8.78 Å². The number of rotatable bonds is 11. The molecule has 0 heterocycles. The van der Waals surface area contributed by atoms with Gasteiger partial charge in [-0.3, -0.25) is 0 Å². The molecule has 1 rings (SSSR count). The minimum atomic E-state index is -0.771. The van der Waals surface area contributed by atoms with Crippen molar-refractivity contribution in [1.82, 2.24) is 5.32 Å². The zero-order chi connectivity index (χ0) is 15.5. The van der Waals surface area contributed by atoms with Crippen LogP contribution in [0.5, 0.6) is 0 Å². The van der Waals surface area contributed by atoms with Gasteiger partial charge in [0.25, 0.3) is 0 Å². The molecule has 3 heteroatoms. The smallest absolute Gasteiger partial charge is 0.159 e. The van der Waals surface area contributed by atoms with Crippen molar-refractivity contribution in [1.29, 1.82) is 0 Å². The minimum Gasteiger partial charge on any atom is -0.310 e. The predicted molar refractivity (Wildman–Crippen MR) is 85.4 cm³/mol. The lowest BCUT2D eigenvalue weighted by molar-refractivity contribution is 0.458. The summed E-state index contributed by atoms with van der Waals surface area (Å²) >= 11 is 0. The Bertz CT molecular complexity index is 393. The van der Waals surface area contributed by atoms with Gasteiger partial charge in [0.2, 0.25) is 0 Å². The maximum atomic E-state index is 13.4. The third-order valence-corrected chi connectivity index (χ3v) is 3.83. The topological polar surface area (TPSA) is 12.0 Å². The van der Waals surface area contributed by atoms with Crippen molar-refractivity contribution in [2.45, 2.75) is 71.3 Å². The Kier molecular flexibility index (Phi) is 9.24. The number of unbranched alkanes of at least 4 members (excludes halogenated alkanes) is 5. The number of hydrogen-bond donors (Lipinski definition) is 1. The lowest BCUT2D eigenvalue weighted by Crippen LogP contribution is -2.22. The van der Waals surface area contributed by atoms with Crippen LogP contribution in [0.1, 0.15) is 76.8 Å². The maximum Gasteiger partial charge on any atom is 0.159 e. The van der Waals surface area contributed by atoms with Gasteiger partial charge in [0.15, 0.2) is 11.6 Å². The second-order valence-electron chi connectivity index (χ2n) is 5.74.